The van der Waals surface area contributed by atoms with Gasteiger partial charge in [0.2, 0.25) is 11.8 Å². The summed E-state index contributed by atoms with van der Waals surface area (Å²) in [5, 5.41) is 0. The van der Waals surface area contributed by atoms with Crippen LogP contribution in [-0.2, 0) is 14.4 Å². The van der Waals surface area contributed by atoms with Gasteiger partial charge in [0.15, 0.2) is 0 Å². The molecule has 258 valence electrons. The lowest BCUT2D eigenvalue weighted by Crippen LogP contribution is -2.37. The minimum absolute atomic E-state index is 0.0874. The number of hydrogen-bond acceptors (Lipinski definition) is 3. The van der Waals surface area contributed by atoms with Crippen LogP contribution in [0.25, 0.3) is 0 Å². The number of carbonyl (C=O) groups is 3. The predicted molar refractivity (Wildman–Crippen MR) is 188 cm³/mol. The van der Waals surface area contributed by atoms with Gasteiger partial charge in [-0.15, -0.1) is 0 Å². The second kappa shape index (κ2) is 29.0. The van der Waals surface area contributed by atoms with E-state index in [1.54, 1.807) is 6.92 Å². The monoisotopic (exact) mass is 619 g/mol. The molecule has 2 amide bonds. The quantitative estimate of drug-likeness (QED) is 0.0784. The number of Topliss-reactive ketones (excluding diaryl/α,β-unsaturated/α-hetero) is 1. The second-order valence-corrected chi connectivity index (χ2v) is 14.0. The smallest absolute Gasteiger partial charge is 0.222 e. The summed E-state index contributed by atoms with van der Waals surface area (Å²) in [6, 6.07) is 0. The molecule has 0 aromatic heterocycles. The molecule has 0 aromatic rings. The van der Waals surface area contributed by atoms with Crippen molar-refractivity contribution in [3.63, 3.8) is 0 Å². The largest absolute Gasteiger partial charge is 0.340 e. The van der Waals surface area contributed by atoms with Gasteiger partial charge in [-0.25, -0.2) is 0 Å². The molecule has 0 bridgehead atoms. The van der Waals surface area contributed by atoms with Crippen molar-refractivity contribution in [1.29, 1.82) is 0 Å². The van der Waals surface area contributed by atoms with E-state index < -0.39 is 0 Å². The Labute approximate surface area is 274 Å². The van der Waals surface area contributed by atoms with Crippen LogP contribution >= 0.6 is 0 Å². The Bertz CT molecular complexity index is 657. The van der Waals surface area contributed by atoms with Crippen molar-refractivity contribution >= 4 is 17.6 Å². The molecule has 0 aliphatic carbocycles. The fourth-order valence-electron chi connectivity index (χ4n) is 6.63. The summed E-state index contributed by atoms with van der Waals surface area (Å²) >= 11 is 0. The number of nitrogens with zero attached hydrogens (tertiary/aromatic N) is 2. The third kappa shape index (κ3) is 22.2. The third-order valence-corrected chi connectivity index (χ3v) is 9.79. The maximum absolute atomic E-state index is 13.0. The molecule has 1 aliphatic heterocycles. The van der Waals surface area contributed by atoms with E-state index in [1.807, 2.05) is 9.80 Å². The lowest BCUT2D eigenvalue weighted by atomic mass is 10.0. The Morgan fingerprint density at radius 2 is 0.682 bits per heavy atom. The summed E-state index contributed by atoms with van der Waals surface area (Å²) < 4.78 is 0. The number of hydrogen-bond donors (Lipinski definition) is 0. The lowest BCUT2D eigenvalue weighted by Gasteiger charge is -2.22. The van der Waals surface area contributed by atoms with Gasteiger partial charge >= 0.3 is 0 Å². The normalized spacial score (nSPS) is 14.2. The lowest BCUT2D eigenvalue weighted by molar-refractivity contribution is -0.133. The fraction of sp³-hybridized carbons (Fsp3) is 0.923. The number of rotatable bonds is 29. The van der Waals surface area contributed by atoms with Crippen LogP contribution in [0.15, 0.2) is 0 Å². The maximum Gasteiger partial charge on any atom is 0.222 e. The van der Waals surface area contributed by atoms with Crippen LogP contribution in [0.2, 0.25) is 0 Å². The van der Waals surface area contributed by atoms with Crippen LogP contribution in [0.3, 0.4) is 0 Å². The highest BCUT2D eigenvalue weighted by Crippen LogP contribution is 2.18. The fourth-order valence-corrected chi connectivity index (χ4v) is 6.63. The molecule has 1 fully saturated rings. The van der Waals surface area contributed by atoms with E-state index in [1.165, 1.54) is 141 Å². The summed E-state index contributed by atoms with van der Waals surface area (Å²) in [5.41, 5.74) is 0. The minimum atomic E-state index is -0.260. The van der Waals surface area contributed by atoms with Crippen molar-refractivity contribution in [2.24, 2.45) is 5.92 Å². The first-order valence-corrected chi connectivity index (χ1v) is 19.6. The Kier molecular flexibility index (Phi) is 26.8. The van der Waals surface area contributed by atoms with Gasteiger partial charge in [0.25, 0.3) is 0 Å². The molecule has 5 nitrogen and oxygen atoms in total. The molecular weight excluding hydrogens is 544 g/mol. The number of carbonyl (C=O) groups excluding carboxylic acids is 3. The van der Waals surface area contributed by atoms with Crippen molar-refractivity contribution in [2.75, 3.05) is 26.2 Å². The van der Waals surface area contributed by atoms with Crippen LogP contribution in [0.5, 0.6) is 0 Å². The number of amides is 2. The molecule has 44 heavy (non-hydrogen) atoms. The number of unbranched alkanes of at least 4 members (excludes halogenated alkanes) is 24. The van der Waals surface area contributed by atoms with Crippen LogP contribution in [0.4, 0.5) is 0 Å². The summed E-state index contributed by atoms with van der Waals surface area (Å²) in [6.07, 6.45) is 34.8. The molecular formula is C39H74N2O3. The standard InChI is InChI=1S/C39H74N2O3/c1-4-6-8-10-12-14-16-18-20-22-24-26-28-30-38(43)40-32-33-41(35-37(34-40)36(3)42)39(44)31-29-27-25-23-21-19-17-15-13-11-9-7-5-2/h37H,4-35H2,1-3H3. The van der Waals surface area contributed by atoms with E-state index in [0.717, 1.165) is 25.7 Å². The highest BCUT2D eigenvalue weighted by Gasteiger charge is 2.29. The zero-order valence-corrected chi connectivity index (χ0v) is 29.8. The van der Waals surface area contributed by atoms with Gasteiger partial charge in [0.1, 0.15) is 5.78 Å². The minimum Gasteiger partial charge on any atom is -0.340 e. The zero-order chi connectivity index (χ0) is 32.1. The summed E-state index contributed by atoms with van der Waals surface area (Å²) in [7, 11) is 0. The second-order valence-electron chi connectivity index (χ2n) is 14.0. The van der Waals surface area contributed by atoms with E-state index in [9.17, 15) is 14.4 Å². The van der Waals surface area contributed by atoms with Gasteiger partial charge < -0.3 is 9.80 Å². The van der Waals surface area contributed by atoms with E-state index in [-0.39, 0.29) is 23.5 Å². The van der Waals surface area contributed by atoms with Crippen LogP contribution < -0.4 is 0 Å². The van der Waals surface area contributed by atoms with Gasteiger partial charge in [-0.3, -0.25) is 14.4 Å². The maximum atomic E-state index is 13.0. The Morgan fingerprint density at radius 1 is 0.432 bits per heavy atom. The molecule has 0 atom stereocenters. The predicted octanol–water partition coefficient (Wildman–Crippen LogP) is 10.8. The van der Waals surface area contributed by atoms with Crippen molar-refractivity contribution in [2.45, 2.75) is 201 Å². The molecule has 1 aliphatic rings. The highest BCUT2D eigenvalue weighted by molar-refractivity contribution is 5.82. The Hall–Kier alpha value is -1.39. The molecule has 1 rings (SSSR count). The Balaban J connectivity index is 2.15. The average Bonchev–Trinajstić information content (AvgIpc) is 3.25. The Morgan fingerprint density at radius 3 is 0.932 bits per heavy atom. The molecule has 0 saturated carbocycles. The molecule has 0 radical (unpaired) electrons. The topological polar surface area (TPSA) is 57.7 Å². The highest BCUT2D eigenvalue weighted by atomic mass is 16.2. The molecule has 0 aromatic carbocycles. The van der Waals surface area contributed by atoms with E-state index in [0.29, 0.717) is 39.0 Å². The van der Waals surface area contributed by atoms with Crippen molar-refractivity contribution < 1.29 is 14.4 Å². The molecule has 0 unspecified atom stereocenters. The van der Waals surface area contributed by atoms with Crippen molar-refractivity contribution in [3.8, 4) is 0 Å². The van der Waals surface area contributed by atoms with E-state index in [4.69, 9.17) is 0 Å². The third-order valence-electron chi connectivity index (χ3n) is 9.79. The first kappa shape index (κ1) is 40.6. The van der Waals surface area contributed by atoms with Gasteiger partial charge in [0, 0.05) is 39.0 Å². The van der Waals surface area contributed by atoms with Gasteiger partial charge in [-0.1, -0.05) is 168 Å². The average molecular weight is 619 g/mol. The van der Waals surface area contributed by atoms with Gasteiger partial charge in [-0.05, 0) is 19.8 Å². The van der Waals surface area contributed by atoms with Crippen LogP contribution in [0.1, 0.15) is 201 Å². The molecule has 0 spiro atoms. The van der Waals surface area contributed by atoms with Crippen molar-refractivity contribution in [3.05, 3.63) is 0 Å². The van der Waals surface area contributed by atoms with Crippen molar-refractivity contribution in [1.82, 2.24) is 9.80 Å². The summed E-state index contributed by atoms with van der Waals surface area (Å²) in [4.78, 5) is 42.1. The molecule has 1 heterocycles. The van der Waals surface area contributed by atoms with Crippen LogP contribution in [-0.4, -0.2) is 53.6 Å². The van der Waals surface area contributed by atoms with Gasteiger partial charge in [0.05, 0.1) is 5.92 Å². The molecule has 0 N–H and O–H groups in total. The zero-order valence-electron chi connectivity index (χ0n) is 29.8. The molecule has 1 saturated heterocycles. The number of ketones is 1. The van der Waals surface area contributed by atoms with E-state index >= 15 is 0 Å². The van der Waals surface area contributed by atoms with Gasteiger partial charge in [-0.2, -0.15) is 0 Å². The van der Waals surface area contributed by atoms with E-state index in [2.05, 4.69) is 13.8 Å². The summed E-state index contributed by atoms with van der Waals surface area (Å²) in [5.74, 6) is 0.142. The first-order chi connectivity index (χ1) is 21.5. The summed E-state index contributed by atoms with van der Waals surface area (Å²) in [6.45, 7) is 8.21. The first-order valence-electron chi connectivity index (χ1n) is 19.6. The molecule has 5 heteroatoms. The SMILES string of the molecule is CCCCCCCCCCCCCCCC(=O)N1CCN(C(=O)CCCCCCCCCCCCCCC)CC(C(C)=O)C1. The van der Waals surface area contributed by atoms with Crippen LogP contribution in [0, 0.1) is 5.92 Å².